The fourth-order valence-corrected chi connectivity index (χ4v) is 2.05. The Kier molecular flexibility index (Phi) is 3.72. The zero-order chi connectivity index (χ0) is 11.4. The molecule has 4 heteroatoms. The van der Waals surface area contributed by atoms with Crippen molar-refractivity contribution in [1.29, 1.82) is 0 Å². The predicted octanol–water partition coefficient (Wildman–Crippen LogP) is 2.04. The molecule has 0 N–H and O–H groups in total. The van der Waals surface area contributed by atoms with Gasteiger partial charge in [0.1, 0.15) is 6.10 Å². The van der Waals surface area contributed by atoms with Crippen molar-refractivity contribution in [2.45, 2.75) is 45.3 Å². The minimum Gasteiger partial charge on any atom is -0.370 e. The second-order valence-electron chi connectivity index (χ2n) is 4.16. The molecular formula is C12H18N2O2. The van der Waals surface area contributed by atoms with Gasteiger partial charge >= 0.3 is 0 Å². The topological polar surface area (TPSA) is 44.1 Å². The molecule has 4 nitrogen and oxygen atoms in total. The van der Waals surface area contributed by atoms with Crippen LogP contribution >= 0.6 is 0 Å². The van der Waals surface area contributed by atoms with Crippen molar-refractivity contribution in [2.75, 3.05) is 6.61 Å². The lowest BCUT2D eigenvalue weighted by molar-refractivity contribution is 0.0176. The standard InChI is InChI=1S/C12H18N2O2/c1-2-7-14-8-6-13-12(14)11(15)10-5-3-4-9-16-10/h6,8,10H,2-5,7,9H2,1H3. The van der Waals surface area contributed by atoms with Crippen LogP contribution in [0.4, 0.5) is 0 Å². The first-order valence-corrected chi connectivity index (χ1v) is 6.00. The van der Waals surface area contributed by atoms with E-state index in [9.17, 15) is 4.79 Å². The Morgan fingerprint density at radius 2 is 2.50 bits per heavy atom. The fourth-order valence-electron chi connectivity index (χ4n) is 2.05. The second-order valence-corrected chi connectivity index (χ2v) is 4.16. The van der Waals surface area contributed by atoms with E-state index in [4.69, 9.17) is 4.74 Å². The van der Waals surface area contributed by atoms with Crippen molar-refractivity contribution in [3.8, 4) is 0 Å². The molecule has 1 aromatic rings. The highest BCUT2D eigenvalue weighted by molar-refractivity contribution is 5.96. The van der Waals surface area contributed by atoms with Gasteiger partial charge in [0.2, 0.25) is 5.78 Å². The number of carbonyl (C=O) groups excluding carboxylic acids is 1. The third kappa shape index (κ3) is 2.32. The smallest absolute Gasteiger partial charge is 0.226 e. The van der Waals surface area contributed by atoms with E-state index in [1.54, 1.807) is 6.20 Å². The highest BCUT2D eigenvalue weighted by Gasteiger charge is 2.26. The number of rotatable bonds is 4. The number of ketones is 1. The summed E-state index contributed by atoms with van der Waals surface area (Å²) >= 11 is 0. The fraction of sp³-hybridized carbons (Fsp3) is 0.667. The second kappa shape index (κ2) is 5.25. The molecular weight excluding hydrogens is 204 g/mol. The average molecular weight is 222 g/mol. The van der Waals surface area contributed by atoms with Crippen LogP contribution in [-0.2, 0) is 11.3 Å². The third-order valence-electron chi connectivity index (χ3n) is 2.87. The number of imidazole rings is 1. The van der Waals surface area contributed by atoms with Gasteiger partial charge in [-0.2, -0.15) is 0 Å². The van der Waals surface area contributed by atoms with E-state index in [0.717, 1.165) is 32.2 Å². The van der Waals surface area contributed by atoms with Gasteiger partial charge in [-0.05, 0) is 25.7 Å². The van der Waals surface area contributed by atoms with Gasteiger partial charge in [0.05, 0.1) is 0 Å². The van der Waals surface area contributed by atoms with Crippen molar-refractivity contribution in [3.05, 3.63) is 18.2 Å². The molecule has 1 aromatic heterocycles. The van der Waals surface area contributed by atoms with Gasteiger partial charge in [-0.3, -0.25) is 4.79 Å². The van der Waals surface area contributed by atoms with Crippen LogP contribution in [0.5, 0.6) is 0 Å². The zero-order valence-electron chi connectivity index (χ0n) is 9.69. The summed E-state index contributed by atoms with van der Waals surface area (Å²) in [5.41, 5.74) is 0. The van der Waals surface area contributed by atoms with Gasteiger partial charge in [-0.15, -0.1) is 0 Å². The number of nitrogens with zero attached hydrogens (tertiary/aromatic N) is 2. The van der Waals surface area contributed by atoms with Crippen molar-refractivity contribution < 1.29 is 9.53 Å². The van der Waals surface area contributed by atoms with Gasteiger partial charge in [0.15, 0.2) is 5.82 Å². The van der Waals surface area contributed by atoms with Gasteiger partial charge in [0.25, 0.3) is 0 Å². The maximum Gasteiger partial charge on any atom is 0.226 e. The van der Waals surface area contributed by atoms with Crippen LogP contribution in [0, 0.1) is 0 Å². The van der Waals surface area contributed by atoms with Crippen LogP contribution in [0.25, 0.3) is 0 Å². The summed E-state index contributed by atoms with van der Waals surface area (Å²) in [5.74, 6) is 0.590. The third-order valence-corrected chi connectivity index (χ3v) is 2.87. The van der Waals surface area contributed by atoms with E-state index < -0.39 is 0 Å². The summed E-state index contributed by atoms with van der Waals surface area (Å²) in [7, 11) is 0. The highest BCUT2D eigenvalue weighted by Crippen LogP contribution is 2.16. The van der Waals surface area contributed by atoms with E-state index >= 15 is 0 Å². The summed E-state index contributed by atoms with van der Waals surface area (Å²) in [6.45, 7) is 3.63. The lowest BCUT2D eigenvalue weighted by Gasteiger charge is -2.21. The summed E-state index contributed by atoms with van der Waals surface area (Å²) in [4.78, 5) is 16.3. The SMILES string of the molecule is CCCn1ccnc1C(=O)C1CCCCO1. The molecule has 0 aromatic carbocycles. The van der Waals surface area contributed by atoms with E-state index in [0.29, 0.717) is 12.4 Å². The van der Waals surface area contributed by atoms with Crippen LogP contribution in [-0.4, -0.2) is 28.0 Å². The number of hydrogen-bond donors (Lipinski definition) is 0. The number of aromatic nitrogens is 2. The number of carbonyl (C=O) groups is 1. The number of ether oxygens (including phenoxy) is 1. The minimum atomic E-state index is -0.272. The lowest BCUT2D eigenvalue weighted by atomic mass is 10.1. The number of hydrogen-bond acceptors (Lipinski definition) is 3. The molecule has 0 spiro atoms. The van der Waals surface area contributed by atoms with Crippen LogP contribution in [0.15, 0.2) is 12.4 Å². The van der Waals surface area contributed by atoms with Crippen LogP contribution < -0.4 is 0 Å². The van der Waals surface area contributed by atoms with E-state index in [1.807, 2.05) is 10.8 Å². The molecule has 1 atom stereocenters. The summed E-state index contributed by atoms with van der Waals surface area (Å²) < 4.78 is 7.41. The molecule has 0 saturated carbocycles. The molecule has 0 radical (unpaired) electrons. The molecule has 1 aliphatic rings. The highest BCUT2D eigenvalue weighted by atomic mass is 16.5. The first kappa shape index (κ1) is 11.3. The molecule has 1 aliphatic heterocycles. The van der Waals surface area contributed by atoms with Crippen molar-refractivity contribution in [2.24, 2.45) is 0 Å². The molecule has 2 rings (SSSR count). The molecule has 0 aliphatic carbocycles. The van der Waals surface area contributed by atoms with Crippen LogP contribution in [0.2, 0.25) is 0 Å². The Morgan fingerprint density at radius 3 is 3.19 bits per heavy atom. The van der Waals surface area contributed by atoms with Gasteiger partial charge in [-0.25, -0.2) is 4.98 Å². The van der Waals surface area contributed by atoms with Gasteiger partial charge in [-0.1, -0.05) is 6.92 Å². The van der Waals surface area contributed by atoms with Gasteiger partial charge in [0, 0.05) is 25.5 Å². The Labute approximate surface area is 95.6 Å². The molecule has 88 valence electrons. The molecule has 2 heterocycles. The lowest BCUT2D eigenvalue weighted by Crippen LogP contribution is -2.30. The Bertz CT molecular complexity index is 354. The largest absolute Gasteiger partial charge is 0.370 e. The molecule has 0 bridgehead atoms. The van der Waals surface area contributed by atoms with Crippen LogP contribution in [0.3, 0.4) is 0 Å². The average Bonchev–Trinajstić information content (AvgIpc) is 2.78. The normalized spacial score (nSPS) is 20.9. The summed E-state index contributed by atoms with van der Waals surface area (Å²) in [6.07, 6.45) is 7.25. The van der Waals surface area contributed by atoms with E-state index in [-0.39, 0.29) is 11.9 Å². The molecule has 1 saturated heterocycles. The maximum absolute atomic E-state index is 12.1. The zero-order valence-corrected chi connectivity index (χ0v) is 9.69. The monoisotopic (exact) mass is 222 g/mol. The first-order chi connectivity index (χ1) is 7.83. The van der Waals surface area contributed by atoms with Gasteiger partial charge < -0.3 is 9.30 Å². The number of Topliss-reactive ketones (excluding diaryl/α,β-unsaturated/α-hetero) is 1. The first-order valence-electron chi connectivity index (χ1n) is 6.00. The summed E-state index contributed by atoms with van der Waals surface area (Å²) in [6, 6.07) is 0. The Morgan fingerprint density at radius 1 is 1.62 bits per heavy atom. The number of aryl methyl sites for hydroxylation is 1. The molecule has 1 fully saturated rings. The van der Waals surface area contributed by atoms with E-state index in [1.165, 1.54) is 0 Å². The predicted molar refractivity (Wildman–Crippen MR) is 60.4 cm³/mol. The van der Waals surface area contributed by atoms with Crippen molar-refractivity contribution in [3.63, 3.8) is 0 Å². The Hall–Kier alpha value is -1.16. The van der Waals surface area contributed by atoms with Crippen molar-refractivity contribution >= 4 is 5.78 Å². The molecule has 0 amide bonds. The Balaban J connectivity index is 2.09. The summed E-state index contributed by atoms with van der Waals surface area (Å²) in [5, 5.41) is 0. The van der Waals surface area contributed by atoms with Crippen molar-refractivity contribution in [1.82, 2.24) is 9.55 Å². The minimum absolute atomic E-state index is 0.0400. The van der Waals surface area contributed by atoms with Crippen LogP contribution in [0.1, 0.15) is 43.2 Å². The maximum atomic E-state index is 12.1. The molecule has 16 heavy (non-hydrogen) atoms. The quantitative estimate of drug-likeness (QED) is 0.732. The molecule has 1 unspecified atom stereocenters. The van der Waals surface area contributed by atoms with E-state index in [2.05, 4.69) is 11.9 Å².